The number of halogens is 1. The average molecular weight is 573 g/mol. The lowest BCUT2D eigenvalue weighted by atomic mass is 10.00. The molecule has 41 heavy (non-hydrogen) atoms. The monoisotopic (exact) mass is 572 g/mol. The molecule has 4 amide bonds. The van der Waals surface area contributed by atoms with Gasteiger partial charge < -0.3 is 15.1 Å². The second kappa shape index (κ2) is 11.3. The zero-order chi connectivity index (χ0) is 28.5. The Morgan fingerprint density at radius 3 is 2.49 bits per heavy atom. The first-order valence-corrected chi connectivity index (χ1v) is 14.2. The number of aromatic nitrogens is 1. The molecular formula is C30H29FN6O3S. The fraction of sp³-hybridized carbons (Fsp3) is 0.267. The molecule has 0 saturated carbocycles. The summed E-state index contributed by atoms with van der Waals surface area (Å²) in [5, 5.41) is 6.05. The van der Waals surface area contributed by atoms with Gasteiger partial charge in [0.2, 0.25) is 11.8 Å². The minimum Gasteiger partial charge on any atom is -0.333 e. The maximum Gasteiger partial charge on any atom is 0.332 e. The van der Waals surface area contributed by atoms with Crippen molar-refractivity contribution < 1.29 is 18.8 Å². The Hall–Kier alpha value is -4.35. The Balaban J connectivity index is 1.28. The van der Waals surface area contributed by atoms with E-state index in [1.54, 1.807) is 33.4 Å². The molecule has 0 bridgehead atoms. The van der Waals surface area contributed by atoms with Gasteiger partial charge in [0.15, 0.2) is 0 Å². The number of rotatable bonds is 7. The van der Waals surface area contributed by atoms with Gasteiger partial charge in [0, 0.05) is 26.6 Å². The van der Waals surface area contributed by atoms with Crippen LogP contribution in [-0.4, -0.2) is 75.0 Å². The Morgan fingerprint density at radius 2 is 1.76 bits per heavy atom. The molecule has 0 spiro atoms. The molecule has 1 aromatic heterocycles. The Labute approximate surface area is 240 Å². The zero-order valence-electron chi connectivity index (χ0n) is 22.4. The van der Waals surface area contributed by atoms with Crippen LogP contribution in [0.5, 0.6) is 0 Å². The molecule has 6 rings (SSSR count). The molecule has 210 valence electrons. The number of amides is 4. The summed E-state index contributed by atoms with van der Waals surface area (Å²) >= 11 is 1.22. The summed E-state index contributed by atoms with van der Waals surface area (Å²) in [7, 11) is 1.63. The van der Waals surface area contributed by atoms with Gasteiger partial charge in [-0.05, 0) is 22.8 Å². The third kappa shape index (κ3) is 5.25. The fourth-order valence-electron chi connectivity index (χ4n) is 5.60. The Morgan fingerprint density at radius 1 is 1.05 bits per heavy atom. The largest absolute Gasteiger partial charge is 0.333 e. The number of thiazole rings is 1. The quantitative estimate of drug-likeness (QED) is 0.366. The lowest BCUT2D eigenvalue weighted by Crippen LogP contribution is -2.65. The van der Waals surface area contributed by atoms with E-state index in [1.165, 1.54) is 22.4 Å². The van der Waals surface area contributed by atoms with Crippen molar-refractivity contribution in [2.75, 3.05) is 20.1 Å². The van der Waals surface area contributed by atoms with E-state index in [4.69, 9.17) is 0 Å². The predicted molar refractivity (Wildman–Crippen MR) is 153 cm³/mol. The van der Waals surface area contributed by atoms with Crippen molar-refractivity contribution in [3.05, 3.63) is 101 Å². The number of nitrogens with zero attached hydrogens (tertiary/aromatic N) is 5. The first-order chi connectivity index (χ1) is 19.9. The van der Waals surface area contributed by atoms with Gasteiger partial charge in [-0.3, -0.25) is 14.6 Å². The second-order valence-electron chi connectivity index (χ2n) is 10.2. The van der Waals surface area contributed by atoms with Crippen molar-refractivity contribution >= 4 is 39.4 Å². The predicted octanol–water partition coefficient (Wildman–Crippen LogP) is 3.62. The molecule has 2 fully saturated rings. The van der Waals surface area contributed by atoms with Crippen molar-refractivity contribution in [2.24, 2.45) is 0 Å². The number of carbonyl (C=O) groups is 3. The van der Waals surface area contributed by atoms with Crippen molar-refractivity contribution in [3.8, 4) is 0 Å². The number of nitrogens with one attached hydrogen (secondary N) is 1. The van der Waals surface area contributed by atoms with E-state index in [2.05, 4.69) is 10.3 Å². The fourth-order valence-corrected chi connectivity index (χ4v) is 6.34. The van der Waals surface area contributed by atoms with Crippen molar-refractivity contribution in [1.29, 1.82) is 0 Å². The molecule has 1 N–H and O–H groups in total. The highest BCUT2D eigenvalue weighted by Gasteiger charge is 2.51. The average Bonchev–Trinajstić information content (AvgIpc) is 3.62. The van der Waals surface area contributed by atoms with Crippen LogP contribution in [0.15, 0.2) is 78.3 Å². The van der Waals surface area contributed by atoms with Gasteiger partial charge in [0.05, 0.1) is 28.8 Å². The lowest BCUT2D eigenvalue weighted by Gasteiger charge is -2.45. The molecule has 2 saturated heterocycles. The normalized spacial score (nSPS) is 19.1. The van der Waals surface area contributed by atoms with Gasteiger partial charge in [-0.1, -0.05) is 66.7 Å². The van der Waals surface area contributed by atoms with E-state index in [0.29, 0.717) is 23.2 Å². The number of hydrazine groups is 1. The van der Waals surface area contributed by atoms with Gasteiger partial charge >= 0.3 is 6.03 Å². The van der Waals surface area contributed by atoms with E-state index in [1.807, 2.05) is 60.7 Å². The minimum atomic E-state index is -0.749. The molecule has 0 unspecified atom stereocenters. The molecule has 9 nitrogen and oxygen atoms in total. The summed E-state index contributed by atoms with van der Waals surface area (Å²) in [6, 6.07) is 21.1. The van der Waals surface area contributed by atoms with Crippen LogP contribution in [0, 0.1) is 5.82 Å². The molecule has 4 aromatic rings. The maximum atomic E-state index is 14.4. The Bertz CT molecular complexity index is 1580. The van der Waals surface area contributed by atoms with Crippen LogP contribution in [-0.2, 0) is 29.1 Å². The summed E-state index contributed by atoms with van der Waals surface area (Å²) in [5.74, 6) is -0.750. The lowest BCUT2D eigenvalue weighted by molar-refractivity contribution is -0.157. The summed E-state index contributed by atoms with van der Waals surface area (Å²) < 4.78 is 14.8. The van der Waals surface area contributed by atoms with Crippen molar-refractivity contribution in [2.45, 2.75) is 31.7 Å². The highest BCUT2D eigenvalue weighted by Crippen LogP contribution is 2.31. The van der Waals surface area contributed by atoms with Crippen LogP contribution in [0.1, 0.15) is 16.7 Å². The summed E-state index contributed by atoms with van der Waals surface area (Å²) in [6.07, 6.45) is -0.209. The third-order valence-electron chi connectivity index (χ3n) is 7.68. The molecule has 11 heteroatoms. The molecule has 2 aliphatic rings. The number of carbonyl (C=O) groups excluding carboxylic acids is 3. The molecule has 3 heterocycles. The van der Waals surface area contributed by atoms with Gasteiger partial charge in [-0.15, -0.1) is 11.3 Å². The molecule has 3 aromatic carbocycles. The van der Waals surface area contributed by atoms with Crippen molar-refractivity contribution in [1.82, 2.24) is 30.1 Å². The van der Waals surface area contributed by atoms with E-state index < -0.39 is 12.2 Å². The van der Waals surface area contributed by atoms with Crippen LogP contribution < -0.4 is 5.32 Å². The Kier molecular flexibility index (Phi) is 7.38. The van der Waals surface area contributed by atoms with E-state index in [0.717, 1.165) is 16.7 Å². The number of urea groups is 1. The van der Waals surface area contributed by atoms with Crippen LogP contribution in [0.4, 0.5) is 9.18 Å². The van der Waals surface area contributed by atoms with Crippen molar-refractivity contribution in [3.63, 3.8) is 0 Å². The van der Waals surface area contributed by atoms with Crippen LogP contribution in [0.3, 0.4) is 0 Å². The first kappa shape index (κ1) is 26.9. The number of fused-ring (bicyclic) bond motifs is 2. The van der Waals surface area contributed by atoms with E-state index in [-0.39, 0.29) is 43.3 Å². The zero-order valence-corrected chi connectivity index (χ0v) is 23.3. The smallest absolute Gasteiger partial charge is 0.332 e. The standard InChI is InChI=1S/C30H29FN6O3S/c1-34(30(40)32-15-21-10-6-3-7-11-21)36-18-26(38)37-24(14-20-8-4-2-5-9-20)29(39)35(17-25(36)37)16-22-12-13-23(31)28-27(22)33-19-41-28/h2-13,19,24-25H,14-18H2,1H3,(H,32,40)/t24-,25+/m0/s1. The van der Waals surface area contributed by atoms with E-state index in [9.17, 15) is 18.8 Å². The molecule has 0 aliphatic carbocycles. The van der Waals surface area contributed by atoms with Crippen LogP contribution in [0.25, 0.3) is 10.2 Å². The van der Waals surface area contributed by atoms with Gasteiger partial charge in [-0.25, -0.2) is 14.2 Å². The highest BCUT2D eigenvalue weighted by atomic mass is 32.1. The number of hydrogen-bond donors (Lipinski definition) is 1. The third-order valence-corrected chi connectivity index (χ3v) is 8.52. The molecular weight excluding hydrogens is 543 g/mol. The summed E-state index contributed by atoms with van der Waals surface area (Å²) in [6.45, 7) is 0.713. The highest BCUT2D eigenvalue weighted by molar-refractivity contribution is 7.16. The minimum absolute atomic E-state index is 0.0286. The van der Waals surface area contributed by atoms with E-state index >= 15 is 0 Å². The van der Waals surface area contributed by atoms with Crippen LogP contribution >= 0.6 is 11.3 Å². The second-order valence-corrected chi connectivity index (χ2v) is 11.1. The number of hydrogen-bond acceptors (Lipinski definition) is 6. The van der Waals surface area contributed by atoms with Crippen LogP contribution in [0.2, 0.25) is 0 Å². The number of piperazine rings is 1. The SMILES string of the molecule is CN(C(=O)NCc1ccccc1)N1CC(=O)N2[C@@H](Cc3ccccc3)C(=O)N(Cc3ccc(F)c4scnc34)C[C@@H]21. The molecule has 2 atom stereocenters. The van der Waals surface area contributed by atoms with Gasteiger partial charge in [-0.2, -0.15) is 5.01 Å². The summed E-state index contributed by atoms with van der Waals surface area (Å²) in [5.41, 5.74) is 4.73. The molecule has 2 aliphatic heterocycles. The summed E-state index contributed by atoms with van der Waals surface area (Å²) in [4.78, 5) is 48.2. The maximum absolute atomic E-state index is 14.4. The number of benzene rings is 3. The first-order valence-electron chi connectivity index (χ1n) is 13.4. The molecule has 0 radical (unpaired) electrons. The van der Waals surface area contributed by atoms with Gasteiger partial charge in [0.1, 0.15) is 18.0 Å². The topological polar surface area (TPSA) is 89.1 Å². The van der Waals surface area contributed by atoms with Gasteiger partial charge in [0.25, 0.3) is 0 Å².